The fraction of sp³-hybridized carbons (Fsp3) is 0.462. The summed E-state index contributed by atoms with van der Waals surface area (Å²) in [5, 5.41) is 0. The summed E-state index contributed by atoms with van der Waals surface area (Å²) >= 11 is 0. The van der Waals surface area contributed by atoms with Gasteiger partial charge in [-0.15, -0.1) is 0 Å². The molecule has 0 aliphatic heterocycles. The molecular weight excluding hydrogens is 186 g/mol. The van der Waals surface area contributed by atoms with Crippen LogP contribution in [0.5, 0.6) is 0 Å². The molecule has 15 heavy (non-hydrogen) atoms. The lowest BCUT2D eigenvalue weighted by atomic mass is 9.98. The van der Waals surface area contributed by atoms with Crippen molar-refractivity contribution in [3.8, 4) is 0 Å². The molecule has 82 valence electrons. The van der Waals surface area contributed by atoms with Crippen LogP contribution in [0.25, 0.3) is 0 Å². The molecule has 1 unspecified atom stereocenters. The second kappa shape index (κ2) is 5.54. The Labute approximate surface area is 91.9 Å². The van der Waals surface area contributed by atoms with Crippen molar-refractivity contribution in [1.29, 1.82) is 0 Å². The molecule has 2 heteroatoms. The predicted molar refractivity (Wildman–Crippen MR) is 64.3 cm³/mol. The van der Waals surface area contributed by atoms with Gasteiger partial charge in [-0.05, 0) is 30.5 Å². The van der Waals surface area contributed by atoms with E-state index in [0.717, 1.165) is 19.1 Å². The lowest BCUT2D eigenvalue weighted by Gasteiger charge is -2.13. The first-order chi connectivity index (χ1) is 7.17. The van der Waals surface area contributed by atoms with Crippen LogP contribution in [0.3, 0.4) is 0 Å². The van der Waals surface area contributed by atoms with E-state index in [0.29, 0.717) is 0 Å². The maximum atomic E-state index is 10.7. The molecular formula is C13H19NO. The number of hydrogen-bond acceptors (Lipinski definition) is 2. The van der Waals surface area contributed by atoms with Crippen LogP contribution in [0.1, 0.15) is 18.9 Å². The minimum atomic E-state index is 0.162. The van der Waals surface area contributed by atoms with Crippen molar-refractivity contribution < 1.29 is 4.79 Å². The third kappa shape index (κ3) is 3.39. The molecule has 0 bridgehead atoms. The van der Waals surface area contributed by atoms with Gasteiger partial charge in [0.2, 0.25) is 0 Å². The molecule has 1 aromatic carbocycles. The van der Waals surface area contributed by atoms with Crippen molar-refractivity contribution >= 4 is 12.0 Å². The van der Waals surface area contributed by atoms with Crippen LogP contribution in [-0.4, -0.2) is 20.4 Å². The molecule has 0 heterocycles. The number of aldehydes is 1. The van der Waals surface area contributed by atoms with Crippen LogP contribution in [-0.2, 0) is 11.2 Å². The average molecular weight is 205 g/mol. The highest BCUT2D eigenvalue weighted by Gasteiger charge is 2.05. The van der Waals surface area contributed by atoms with Crippen molar-refractivity contribution in [3.63, 3.8) is 0 Å². The fourth-order valence-corrected chi connectivity index (χ4v) is 1.52. The number of carbonyl (C=O) groups is 1. The van der Waals surface area contributed by atoms with Crippen LogP contribution in [0, 0.1) is 5.92 Å². The number of carbonyl (C=O) groups excluding carboxylic acids is 1. The molecule has 0 fully saturated rings. The summed E-state index contributed by atoms with van der Waals surface area (Å²) in [5.74, 6) is 0.162. The van der Waals surface area contributed by atoms with Crippen LogP contribution >= 0.6 is 0 Å². The zero-order chi connectivity index (χ0) is 11.3. The predicted octanol–water partition coefficient (Wildman–Crippen LogP) is 2.52. The first kappa shape index (κ1) is 11.8. The highest BCUT2D eigenvalue weighted by Crippen LogP contribution is 2.15. The van der Waals surface area contributed by atoms with E-state index in [1.807, 2.05) is 21.0 Å². The summed E-state index contributed by atoms with van der Waals surface area (Å²) in [6, 6.07) is 8.38. The first-order valence-electron chi connectivity index (χ1n) is 5.39. The van der Waals surface area contributed by atoms with Gasteiger partial charge in [0.1, 0.15) is 6.29 Å². The van der Waals surface area contributed by atoms with E-state index in [-0.39, 0.29) is 5.92 Å². The van der Waals surface area contributed by atoms with E-state index in [1.54, 1.807) is 0 Å². The molecule has 0 saturated heterocycles. The Morgan fingerprint density at radius 1 is 1.27 bits per heavy atom. The van der Waals surface area contributed by atoms with E-state index < -0.39 is 0 Å². The number of rotatable bonds is 5. The van der Waals surface area contributed by atoms with E-state index in [2.05, 4.69) is 29.2 Å². The van der Waals surface area contributed by atoms with Gasteiger partial charge in [0, 0.05) is 25.7 Å². The quantitative estimate of drug-likeness (QED) is 0.688. The molecule has 0 spiro atoms. The Morgan fingerprint density at radius 3 is 2.27 bits per heavy atom. The molecule has 0 aliphatic rings. The molecule has 0 aromatic heterocycles. The SMILES string of the molecule is CCC(C=O)Cc1ccc(N(C)C)cc1. The van der Waals surface area contributed by atoms with E-state index in [1.165, 1.54) is 11.3 Å². The normalized spacial score (nSPS) is 12.2. The minimum Gasteiger partial charge on any atom is -0.378 e. The Hall–Kier alpha value is -1.31. The molecule has 0 saturated carbocycles. The Balaban J connectivity index is 2.67. The summed E-state index contributed by atoms with van der Waals surface area (Å²) in [6.45, 7) is 2.05. The molecule has 0 radical (unpaired) electrons. The van der Waals surface area contributed by atoms with Gasteiger partial charge >= 0.3 is 0 Å². The van der Waals surface area contributed by atoms with Gasteiger partial charge in [-0.25, -0.2) is 0 Å². The standard InChI is InChI=1S/C13H19NO/c1-4-11(10-15)9-12-5-7-13(8-6-12)14(2)3/h5-8,10-11H,4,9H2,1-3H3. The Bertz CT molecular complexity index is 303. The maximum Gasteiger partial charge on any atom is 0.123 e. The van der Waals surface area contributed by atoms with Gasteiger partial charge in [0.05, 0.1) is 0 Å². The van der Waals surface area contributed by atoms with Gasteiger partial charge in [-0.2, -0.15) is 0 Å². The number of nitrogens with zero attached hydrogens (tertiary/aromatic N) is 1. The summed E-state index contributed by atoms with van der Waals surface area (Å²) in [4.78, 5) is 12.8. The largest absolute Gasteiger partial charge is 0.378 e. The Kier molecular flexibility index (Phi) is 4.35. The highest BCUT2D eigenvalue weighted by molar-refractivity contribution is 5.54. The van der Waals surface area contributed by atoms with Crippen molar-refractivity contribution in [2.75, 3.05) is 19.0 Å². The van der Waals surface area contributed by atoms with Gasteiger partial charge in [0.15, 0.2) is 0 Å². The summed E-state index contributed by atoms with van der Waals surface area (Å²) in [5.41, 5.74) is 2.43. The molecule has 1 rings (SSSR count). The van der Waals surface area contributed by atoms with E-state index in [4.69, 9.17) is 0 Å². The van der Waals surface area contributed by atoms with E-state index >= 15 is 0 Å². The fourth-order valence-electron chi connectivity index (χ4n) is 1.52. The summed E-state index contributed by atoms with van der Waals surface area (Å²) in [7, 11) is 4.05. The Morgan fingerprint density at radius 2 is 1.87 bits per heavy atom. The highest BCUT2D eigenvalue weighted by atomic mass is 16.1. The van der Waals surface area contributed by atoms with E-state index in [9.17, 15) is 4.79 Å². The van der Waals surface area contributed by atoms with Gasteiger partial charge in [0.25, 0.3) is 0 Å². The second-order valence-corrected chi connectivity index (χ2v) is 4.07. The van der Waals surface area contributed by atoms with Crippen molar-refractivity contribution in [2.45, 2.75) is 19.8 Å². The summed E-state index contributed by atoms with van der Waals surface area (Å²) in [6.07, 6.45) is 2.83. The van der Waals surface area contributed by atoms with Crippen molar-refractivity contribution in [1.82, 2.24) is 0 Å². The monoisotopic (exact) mass is 205 g/mol. The number of benzene rings is 1. The average Bonchev–Trinajstić information content (AvgIpc) is 2.26. The third-order valence-electron chi connectivity index (χ3n) is 2.67. The van der Waals surface area contributed by atoms with Crippen LogP contribution in [0.2, 0.25) is 0 Å². The topological polar surface area (TPSA) is 20.3 Å². The van der Waals surface area contributed by atoms with Gasteiger partial charge in [-0.1, -0.05) is 19.1 Å². The smallest absolute Gasteiger partial charge is 0.123 e. The molecule has 0 aliphatic carbocycles. The minimum absolute atomic E-state index is 0.162. The molecule has 1 atom stereocenters. The molecule has 1 aromatic rings. The first-order valence-corrected chi connectivity index (χ1v) is 5.39. The van der Waals surface area contributed by atoms with Crippen LogP contribution in [0.15, 0.2) is 24.3 Å². The van der Waals surface area contributed by atoms with Crippen LogP contribution < -0.4 is 4.90 Å². The maximum absolute atomic E-state index is 10.7. The molecule has 2 nitrogen and oxygen atoms in total. The van der Waals surface area contributed by atoms with Crippen molar-refractivity contribution in [3.05, 3.63) is 29.8 Å². The summed E-state index contributed by atoms with van der Waals surface area (Å²) < 4.78 is 0. The van der Waals surface area contributed by atoms with Gasteiger partial charge < -0.3 is 9.69 Å². The second-order valence-electron chi connectivity index (χ2n) is 4.07. The zero-order valence-electron chi connectivity index (χ0n) is 9.73. The lowest BCUT2D eigenvalue weighted by Crippen LogP contribution is -2.09. The number of hydrogen-bond donors (Lipinski definition) is 0. The van der Waals surface area contributed by atoms with Crippen molar-refractivity contribution in [2.24, 2.45) is 5.92 Å². The number of anilines is 1. The lowest BCUT2D eigenvalue weighted by molar-refractivity contribution is -0.111. The van der Waals surface area contributed by atoms with Crippen LogP contribution in [0.4, 0.5) is 5.69 Å². The molecule has 0 amide bonds. The van der Waals surface area contributed by atoms with Gasteiger partial charge in [-0.3, -0.25) is 0 Å². The molecule has 0 N–H and O–H groups in total. The zero-order valence-corrected chi connectivity index (χ0v) is 9.73. The third-order valence-corrected chi connectivity index (χ3v) is 2.67.